The van der Waals surface area contributed by atoms with E-state index in [1.54, 1.807) is 70.2 Å². The van der Waals surface area contributed by atoms with Crippen LogP contribution in [0.2, 0.25) is 5.02 Å². The van der Waals surface area contributed by atoms with E-state index < -0.39 is 23.2 Å². The smallest absolute Gasteiger partial charge is 0.408 e. The summed E-state index contributed by atoms with van der Waals surface area (Å²) in [6, 6.07) is 10.5. The number of nitrogens with zero attached hydrogens (tertiary/aromatic N) is 4. The van der Waals surface area contributed by atoms with Gasteiger partial charge in [-0.15, -0.1) is 0 Å². The number of nitrogens with one attached hydrogen (secondary N) is 2. The second-order valence-corrected chi connectivity index (χ2v) is 10.4. The van der Waals surface area contributed by atoms with Gasteiger partial charge in [-0.2, -0.15) is 0 Å². The van der Waals surface area contributed by atoms with Crippen molar-refractivity contribution in [1.29, 1.82) is 0 Å². The molecule has 0 spiro atoms. The molecule has 3 amide bonds. The lowest BCUT2D eigenvalue weighted by Gasteiger charge is -2.38. The highest BCUT2D eigenvalue weighted by Gasteiger charge is 2.34. The Balaban J connectivity index is 2.15. The molecule has 1 unspecified atom stereocenters. The summed E-state index contributed by atoms with van der Waals surface area (Å²) in [7, 11) is 3.82. The number of aromatic nitrogens is 2. The quantitative estimate of drug-likeness (QED) is 0.413. The van der Waals surface area contributed by atoms with E-state index in [4.69, 9.17) is 16.6 Å². The molecular formula is C26H33ClN6O4. The number of likely N-dealkylation sites (N-methyl/N-ethyl adjacent to an activating group) is 1. The Morgan fingerprint density at radius 1 is 1.16 bits per heavy atom. The van der Waals surface area contributed by atoms with E-state index >= 15 is 0 Å². The molecule has 0 saturated heterocycles. The van der Waals surface area contributed by atoms with Crippen molar-refractivity contribution in [2.45, 2.75) is 39.3 Å². The molecule has 0 aliphatic carbocycles. The summed E-state index contributed by atoms with van der Waals surface area (Å²) < 4.78 is 1.36. The molecule has 2 aromatic carbocycles. The Kier molecular flexibility index (Phi) is 8.45. The van der Waals surface area contributed by atoms with Crippen LogP contribution in [0.15, 0.2) is 47.3 Å². The number of amides is 3. The number of halogens is 1. The van der Waals surface area contributed by atoms with Crippen molar-refractivity contribution in [2.24, 2.45) is 0 Å². The number of anilines is 1. The van der Waals surface area contributed by atoms with Crippen LogP contribution in [0.5, 0.6) is 0 Å². The van der Waals surface area contributed by atoms with Gasteiger partial charge in [-0.25, -0.2) is 14.6 Å². The maximum Gasteiger partial charge on any atom is 0.408 e. The van der Waals surface area contributed by atoms with E-state index in [-0.39, 0.29) is 22.3 Å². The monoisotopic (exact) mass is 528 g/mol. The molecule has 198 valence electrons. The zero-order valence-electron chi connectivity index (χ0n) is 21.9. The average Bonchev–Trinajstić information content (AvgIpc) is 2.77. The lowest BCUT2D eigenvalue weighted by molar-refractivity contribution is 0.0719. The van der Waals surface area contributed by atoms with Gasteiger partial charge in [0.25, 0.3) is 5.56 Å². The van der Waals surface area contributed by atoms with Crippen molar-refractivity contribution in [1.82, 2.24) is 24.7 Å². The summed E-state index contributed by atoms with van der Waals surface area (Å²) in [5.41, 5.74) is 0.0150. The van der Waals surface area contributed by atoms with Crippen LogP contribution in [-0.2, 0) is 0 Å². The number of benzene rings is 2. The molecule has 11 heteroatoms. The lowest BCUT2D eigenvalue weighted by atomic mass is 10.0. The number of carboxylic acid groups (broad SMARTS) is 1. The molecule has 3 rings (SSSR count). The zero-order chi connectivity index (χ0) is 27.5. The molecule has 3 aromatic rings. The third kappa shape index (κ3) is 6.39. The molecule has 0 aliphatic heterocycles. The van der Waals surface area contributed by atoms with Gasteiger partial charge < -0.3 is 20.6 Å². The summed E-state index contributed by atoms with van der Waals surface area (Å²) in [6.07, 6.45) is -1.14. The Labute approximate surface area is 220 Å². The summed E-state index contributed by atoms with van der Waals surface area (Å²) in [5.74, 6) is 0.227. The molecule has 0 fully saturated rings. The summed E-state index contributed by atoms with van der Waals surface area (Å²) in [4.78, 5) is 46.3. The van der Waals surface area contributed by atoms with Crippen LogP contribution in [0.3, 0.4) is 0 Å². The molecule has 0 aliphatic rings. The van der Waals surface area contributed by atoms with E-state index in [1.165, 1.54) is 9.47 Å². The number of carbonyl (C=O) groups excluding carboxylic acids is 1. The number of hydrogen-bond acceptors (Lipinski definition) is 5. The number of rotatable bonds is 7. The number of fused-ring (bicyclic) bond motifs is 1. The molecule has 0 saturated carbocycles. The minimum Gasteiger partial charge on any atom is -0.465 e. The first-order valence-electron chi connectivity index (χ1n) is 11.8. The van der Waals surface area contributed by atoms with E-state index in [0.717, 1.165) is 0 Å². The molecule has 1 heterocycles. The van der Waals surface area contributed by atoms with Crippen LogP contribution in [0, 0.1) is 0 Å². The first-order chi connectivity index (χ1) is 17.3. The number of urea groups is 1. The van der Waals surface area contributed by atoms with Crippen LogP contribution in [0.1, 0.15) is 39.6 Å². The minimum atomic E-state index is -1.14. The predicted molar refractivity (Wildman–Crippen MR) is 146 cm³/mol. The second-order valence-electron chi connectivity index (χ2n) is 9.98. The fourth-order valence-corrected chi connectivity index (χ4v) is 4.43. The Bertz CT molecular complexity index is 1370. The van der Waals surface area contributed by atoms with Gasteiger partial charge in [0, 0.05) is 24.3 Å². The predicted octanol–water partition coefficient (Wildman–Crippen LogP) is 4.56. The first-order valence-corrected chi connectivity index (χ1v) is 12.2. The van der Waals surface area contributed by atoms with Crippen LogP contribution < -0.4 is 16.2 Å². The fraction of sp³-hybridized carbons (Fsp3) is 0.385. The van der Waals surface area contributed by atoms with Gasteiger partial charge in [0.05, 0.1) is 27.7 Å². The molecule has 0 bridgehead atoms. The lowest BCUT2D eigenvalue weighted by Crippen LogP contribution is -2.47. The van der Waals surface area contributed by atoms with E-state index in [0.29, 0.717) is 30.0 Å². The highest BCUT2D eigenvalue weighted by atomic mass is 35.5. The normalized spacial score (nSPS) is 12.4. The summed E-state index contributed by atoms with van der Waals surface area (Å²) in [6.45, 7) is 8.16. The second kappa shape index (κ2) is 11.2. The van der Waals surface area contributed by atoms with Crippen molar-refractivity contribution in [3.05, 3.63) is 63.7 Å². The fourth-order valence-electron chi connectivity index (χ4n) is 4.18. The SMILES string of the molecule is CC(c1nc2cccc(Cl)c2c(=O)n1-c1cccc(NC(=O)NCCN(C)C)c1)N(C(=O)O)C(C)(C)C. The average molecular weight is 529 g/mol. The zero-order valence-corrected chi connectivity index (χ0v) is 22.6. The largest absolute Gasteiger partial charge is 0.465 e. The van der Waals surface area contributed by atoms with Gasteiger partial charge in [0.1, 0.15) is 5.82 Å². The summed E-state index contributed by atoms with van der Waals surface area (Å²) >= 11 is 6.38. The third-order valence-corrected chi connectivity index (χ3v) is 6.08. The molecule has 1 atom stereocenters. The summed E-state index contributed by atoms with van der Waals surface area (Å²) in [5, 5.41) is 16.0. The Morgan fingerprint density at radius 3 is 2.46 bits per heavy atom. The highest BCUT2D eigenvalue weighted by Crippen LogP contribution is 2.30. The van der Waals surface area contributed by atoms with E-state index in [9.17, 15) is 19.5 Å². The van der Waals surface area contributed by atoms with Gasteiger partial charge >= 0.3 is 12.1 Å². The molecule has 3 N–H and O–H groups in total. The van der Waals surface area contributed by atoms with Crippen molar-refractivity contribution in [2.75, 3.05) is 32.5 Å². The van der Waals surface area contributed by atoms with E-state index in [1.807, 2.05) is 19.0 Å². The molecule has 1 aromatic heterocycles. The van der Waals surface area contributed by atoms with E-state index in [2.05, 4.69) is 10.6 Å². The molecule has 10 nitrogen and oxygen atoms in total. The Hall–Kier alpha value is -3.63. The maximum absolute atomic E-state index is 13.8. The Morgan fingerprint density at radius 2 is 1.84 bits per heavy atom. The van der Waals surface area contributed by atoms with Crippen molar-refractivity contribution >= 4 is 40.3 Å². The van der Waals surface area contributed by atoms with Crippen molar-refractivity contribution in [3.63, 3.8) is 0 Å². The highest BCUT2D eigenvalue weighted by molar-refractivity contribution is 6.35. The third-order valence-electron chi connectivity index (χ3n) is 5.77. The number of carbonyl (C=O) groups is 2. The number of hydrogen-bond donors (Lipinski definition) is 3. The van der Waals surface area contributed by atoms with Gasteiger partial charge in [-0.05, 0) is 72.1 Å². The van der Waals surface area contributed by atoms with Crippen molar-refractivity contribution < 1.29 is 14.7 Å². The van der Waals surface area contributed by atoms with Crippen LogP contribution in [0.25, 0.3) is 16.6 Å². The first kappa shape index (κ1) is 27.9. The molecule has 0 radical (unpaired) electrons. The van der Waals surface area contributed by atoms with Gasteiger partial charge in [-0.3, -0.25) is 14.3 Å². The molecular weight excluding hydrogens is 496 g/mol. The van der Waals surface area contributed by atoms with Crippen molar-refractivity contribution in [3.8, 4) is 5.69 Å². The minimum absolute atomic E-state index is 0.220. The van der Waals surface area contributed by atoms with Crippen LogP contribution in [-0.4, -0.2) is 69.3 Å². The molecule has 37 heavy (non-hydrogen) atoms. The van der Waals surface area contributed by atoms with Gasteiger partial charge in [-0.1, -0.05) is 23.7 Å². The van der Waals surface area contributed by atoms with Crippen LogP contribution in [0.4, 0.5) is 15.3 Å². The topological polar surface area (TPSA) is 120 Å². The van der Waals surface area contributed by atoms with Gasteiger partial charge in [0.2, 0.25) is 0 Å². The van der Waals surface area contributed by atoms with Crippen LogP contribution >= 0.6 is 11.6 Å². The maximum atomic E-state index is 13.8. The van der Waals surface area contributed by atoms with Gasteiger partial charge in [0.15, 0.2) is 0 Å². The standard InChI is InChI=1S/C26H33ClN6O4/c1-16(33(25(36)37)26(2,3)4)22-30-20-12-8-11-19(27)21(20)23(34)32(22)18-10-7-9-17(15-18)29-24(35)28-13-14-31(5)6/h7-12,15-16H,13-14H2,1-6H3,(H,36,37)(H2,28,29,35).